The number of likely N-dealkylation sites (tertiary alicyclic amines) is 1. The predicted octanol–water partition coefficient (Wildman–Crippen LogP) is 3.59. The third-order valence-corrected chi connectivity index (χ3v) is 6.28. The van der Waals surface area contributed by atoms with E-state index in [-0.39, 0.29) is 18.1 Å². The van der Waals surface area contributed by atoms with Crippen molar-refractivity contribution in [2.24, 2.45) is 5.92 Å². The zero-order chi connectivity index (χ0) is 21.8. The average molecular weight is 422 g/mol. The van der Waals surface area contributed by atoms with Gasteiger partial charge in [0.25, 0.3) is 0 Å². The van der Waals surface area contributed by atoms with Crippen LogP contribution in [-0.4, -0.2) is 61.1 Å². The smallest absolute Gasteiger partial charge is 0.321 e. The summed E-state index contributed by atoms with van der Waals surface area (Å²) in [5.41, 5.74) is 2.81. The molecule has 2 N–H and O–H groups in total. The SMILES string of the molecule is C[C@@H]1CN(Cc2ccccc2)CC[C@@H]1N(C)C(=O)Nc1cccc(N2CCNC2=O)c1. The minimum atomic E-state index is -0.114. The summed E-state index contributed by atoms with van der Waals surface area (Å²) in [5.74, 6) is 0.382. The second-order valence-corrected chi connectivity index (χ2v) is 8.53. The number of hydrogen-bond donors (Lipinski definition) is 2. The van der Waals surface area contributed by atoms with E-state index in [9.17, 15) is 9.59 Å². The van der Waals surface area contributed by atoms with Gasteiger partial charge in [0, 0.05) is 57.2 Å². The van der Waals surface area contributed by atoms with E-state index in [2.05, 4.69) is 46.7 Å². The van der Waals surface area contributed by atoms with Gasteiger partial charge in [-0.1, -0.05) is 43.3 Å². The van der Waals surface area contributed by atoms with Gasteiger partial charge in [0.2, 0.25) is 0 Å². The van der Waals surface area contributed by atoms with E-state index < -0.39 is 0 Å². The number of nitrogens with zero attached hydrogens (tertiary/aromatic N) is 3. The van der Waals surface area contributed by atoms with Gasteiger partial charge in [0.05, 0.1) is 0 Å². The molecule has 0 aliphatic carbocycles. The van der Waals surface area contributed by atoms with Crippen LogP contribution >= 0.6 is 0 Å². The number of rotatable bonds is 5. The number of piperidine rings is 1. The summed E-state index contributed by atoms with van der Waals surface area (Å²) < 4.78 is 0. The number of amides is 4. The fraction of sp³-hybridized carbons (Fsp3) is 0.417. The van der Waals surface area contributed by atoms with E-state index in [0.717, 1.165) is 31.7 Å². The third kappa shape index (κ3) is 4.99. The monoisotopic (exact) mass is 421 g/mol. The fourth-order valence-corrected chi connectivity index (χ4v) is 4.61. The van der Waals surface area contributed by atoms with Crippen molar-refractivity contribution in [3.63, 3.8) is 0 Å². The Morgan fingerprint density at radius 2 is 1.97 bits per heavy atom. The molecule has 164 valence electrons. The molecule has 2 fully saturated rings. The van der Waals surface area contributed by atoms with Crippen LogP contribution in [0.15, 0.2) is 54.6 Å². The molecular formula is C24H31N5O2. The molecule has 4 amide bonds. The van der Waals surface area contributed by atoms with Crippen LogP contribution in [0.25, 0.3) is 0 Å². The van der Waals surface area contributed by atoms with E-state index in [1.54, 1.807) is 4.90 Å². The van der Waals surface area contributed by atoms with E-state index >= 15 is 0 Å². The molecule has 2 aromatic carbocycles. The van der Waals surface area contributed by atoms with Gasteiger partial charge in [-0.3, -0.25) is 9.80 Å². The molecule has 0 bridgehead atoms. The van der Waals surface area contributed by atoms with Crippen molar-refractivity contribution < 1.29 is 9.59 Å². The zero-order valence-corrected chi connectivity index (χ0v) is 18.3. The van der Waals surface area contributed by atoms with Gasteiger partial charge in [-0.05, 0) is 36.1 Å². The molecule has 2 aliphatic heterocycles. The van der Waals surface area contributed by atoms with Gasteiger partial charge in [-0.25, -0.2) is 9.59 Å². The molecular weight excluding hydrogens is 390 g/mol. The first-order valence-corrected chi connectivity index (χ1v) is 11.0. The van der Waals surface area contributed by atoms with Crippen molar-refractivity contribution in [1.82, 2.24) is 15.1 Å². The minimum absolute atomic E-state index is 0.100. The van der Waals surface area contributed by atoms with Crippen LogP contribution in [-0.2, 0) is 6.54 Å². The van der Waals surface area contributed by atoms with E-state index in [0.29, 0.717) is 24.7 Å². The Hall–Kier alpha value is -3.06. The average Bonchev–Trinajstić information content (AvgIpc) is 3.20. The van der Waals surface area contributed by atoms with Crippen LogP contribution in [0.5, 0.6) is 0 Å². The van der Waals surface area contributed by atoms with E-state index in [4.69, 9.17) is 0 Å². The molecule has 2 atom stereocenters. The molecule has 2 heterocycles. The minimum Gasteiger partial charge on any atom is -0.336 e. The largest absolute Gasteiger partial charge is 0.336 e. The summed E-state index contributed by atoms with van der Waals surface area (Å²) in [7, 11) is 1.88. The summed E-state index contributed by atoms with van der Waals surface area (Å²) in [6, 6.07) is 18.0. The van der Waals surface area contributed by atoms with Crippen molar-refractivity contribution >= 4 is 23.4 Å². The molecule has 0 spiro atoms. The standard InChI is InChI=1S/C24H31N5O2/c1-18-16-28(17-19-7-4-3-5-8-19)13-11-22(18)27(2)24(31)26-20-9-6-10-21(15-20)29-14-12-25-23(29)30/h3-10,15,18,22H,11-14,16-17H2,1-2H3,(H,25,30)(H,26,31)/t18-,22+/m1/s1. The third-order valence-electron chi connectivity index (χ3n) is 6.28. The molecule has 2 saturated heterocycles. The zero-order valence-electron chi connectivity index (χ0n) is 18.3. The number of urea groups is 2. The summed E-state index contributed by atoms with van der Waals surface area (Å²) in [4.78, 5) is 30.8. The quantitative estimate of drug-likeness (QED) is 0.775. The Morgan fingerprint density at radius 3 is 2.68 bits per heavy atom. The Bertz CT molecular complexity index is 919. The van der Waals surface area contributed by atoms with Crippen LogP contribution in [0, 0.1) is 5.92 Å². The second kappa shape index (κ2) is 9.39. The summed E-state index contributed by atoms with van der Waals surface area (Å²) >= 11 is 0. The highest BCUT2D eigenvalue weighted by molar-refractivity contribution is 5.95. The van der Waals surface area contributed by atoms with Crippen LogP contribution in [0.3, 0.4) is 0 Å². The van der Waals surface area contributed by atoms with Gasteiger partial charge in [-0.2, -0.15) is 0 Å². The van der Waals surface area contributed by atoms with Crippen molar-refractivity contribution in [2.45, 2.75) is 25.9 Å². The lowest BCUT2D eigenvalue weighted by molar-refractivity contribution is 0.0933. The predicted molar refractivity (Wildman–Crippen MR) is 123 cm³/mol. The van der Waals surface area contributed by atoms with Crippen molar-refractivity contribution in [3.8, 4) is 0 Å². The molecule has 7 heteroatoms. The van der Waals surface area contributed by atoms with Gasteiger partial charge in [0.1, 0.15) is 0 Å². The first-order valence-electron chi connectivity index (χ1n) is 11.0. The van der Waals surface area contributed by atoms with Gasteiger partial charge in [-0.15, -0.1) is 0 Å². The lowest BCUT2D eigenvalue weighted by Gasteiger charge is -2.41. The maximum Gasteiger partial charge on any atom is 0.321 e. The van der Waals surface area contributed by atoms with Gasteiger partial charge in [0.15, 0.2) is 0 Å². The Morgan fingerprint density at radius 1 is 1.16 bits per heavy atom. The van der Waals surface area contributed by atoms with Crippen molar-refractivity contribution in [1.29, 1.82) is 0 Å². The lowest BCUT2D eigenvalue weighted by Crippen LogP contribution is -2.51. The van der Waals surface area contributed by atoms with Gasteiger partial charge < -0.3 is 15.5 Å². The van der Waals surface area contributed by atoms with Crippen LogP contribution in [0.1, 0.15) is 18.9 Å². The molecule has 0 saturated carbocycles. The molecule has 2 aromatic rings. The summed E-state index contributed by atoms with van der Waals surface area (Å²) in [6.07, 6.45) is 0.950. The van der Waals surface area contributed by atoms with E-state index in [1.807, 2.05) is 42.3 Å². The summed E-state index contributed by atoms with van der Waals surface area (Å²) in [6.45, 7) is 6.38. The molecule has 31 heavy (non-hydrogen) atoms. The van der Waals surface area contributed by atoms with E-state index in [1.165, 1.54) is 5.56 Å². The van der Waals surface area contributed by atoms with Crippen molar-refractivity contribution in [3.05, 3.63) is 60.2 Å². The molecule has 0 unspecified atom stereocenters. The van der Waals surface area contributed by atoms with Crippen LogP contribution in [0.2, 0.25) is 0 Å². The molecule has 2 aliphatic rings. The molecule has 4 rings (SSSR count). The second-order valence-electron chi connectivity index (χ2n) is 8.53. The lowest BCUT2D eigenvalue weighted by atomic mass is 9.92. The fourth-order valence-electron chi connectivity index (χ4n) is 4.61. The highest BCUT2D eigenvalue weighted by atomic mass is 16.2. The highest BCUT2D eigenvalue weighted by Gasteiger charge is 2.31. The number of nitrogens with one attached hydrogen (secondary N) is 2. The number of carbonyl (C=O) groups excluding carboxylic acids is 2. The number of anilines is 2. The molecule has 0 radical (unpaired) electrons. The number of hydrogen-bond acceptors (Lipinski definition) is 3. The normalized spacial score (nSPS) is 21.6. The first-order chi connectivity index (χ1) is 15.0. The maximum atomic E-state index is 12.9. The first kappa shape index (κ1) is 21.2. The van der Waals surface area contributed by atoms with Crippen LogP contribution in [0.4, 0.5) is 21.0 Å². The van der Waals surface area contributed by atoms with Crippen molar-refractivity contribution in [2.75, 3.05) is 43.4 Å². The molecule has 7 nitrogen and oxygen atoms in total. The topological polar surface area (TPSA) is 67.9 Å². The van der Waals surface area contributed by atoms with Crippen LogP contribution < -0.4 is 15.5 Å². The Balaban J connectivity index is 1.34. The highest BCUT2D eigenvalue weighted by Crippen LogP contribution is 2.25. The summed E-state index contributed by atoms with van der Waals surface area (Å²) in [5, 5.41) is 5.80. The maximum absolute atomic E-state index is 12.9. The van der Waals surface area contributed by atoms with Gasteiger partial charge >= 0.3 is 12.1 Å². The molecule has 0 aromatic heterocycles. The number of carbonyl (C=O) groups is 2. The Kier molecular flexibility index (Phi) is 6.42. The number of benzene rings is 2. The Labute approximate surface area is 184 Å².